The zero-order valence-corrected chi connectivity index (χ0v) is 17.8. The van der Waals surface area contributed by atoms with Crippen LogP contribution in [-0.2, 0) is 17.8 Å². The van der Waals surface area contributed by atoms with E-state index in [0.717, 1.165) is 27.6 Å². The summed E-state index contributed by atoms with van der Waals surface area (Å²) < 4.78 is 7.82. The van der Waals surface area contributed by atoms with E-state index in [1.165, 1.54) is 11.3 Å². The minimum atomic E-state index is -0.134. The number of hydrogen-bond donors (Lipinski definition) is 1. The number of anilines is 1. The second-order valence-electron chi connectivity index (χ2n) is 7.13. The van der Waals surface area contributed by atoms with Gasteiger partial charge in [0.15, 0.2) is 0 Å². The molecule has 5 rings (SSSR count). The Morgan fingerprint density at radius 1 is 1.06 bits per heavy atom. The maximum absolute atomic E-state index is 12.5. The summed E-state index contributed by atoms with van der Waals surface area (Å²) in [5.74, 6) is 0.526. The van der Waals surface area contributed by atoms with Gasteiger partial charge < -0.3 is 14.5 Å². The van der Waals surface area contributed by atoms with E-state index in [-0.39, 0.29) is 12.3 Å². The molecule has 7 nitrogen and oxygen atoms in total. The lowest BCUT2D eigenvalue weighted by atomic mass is 10.2. The Balaban J connectivity index is 1.19. The van der Waals surface area contributed by atoms with E-state index in [0.29, 0.717) is 18.0 Å². The minimum absolute atomic E-state index is 0.134. The summed E-state index contributed by atoms with van der Waals surface area (Å²) in [5, 5.41) is 5.66. The van der Waals surface area contributed by atoms with Crippen molar-refractivity contribution in [3.63, 3.8) is 0 Å². The molecule has 4 heterocycles. The van der Waals surface area contributed by atoms with Gasteiger partial charge in [-0.15, -0.1) is 11.3 Å². The molecule has 0 spiro atoms. The number of nitrogens with zero attached hydrogens (tertiary/aromatic N) is 4. The van der Waals surface area contributed by atoms with Crippen LogP contribution < -0.4 is 10.1 Å². The first-order valence-corrected chi connectivity index (χ1v) is 10.9. The van der Waals surface area contributed by atoms with Crippen LogP contribution in [0.25, 0.3) is 16.2 Å². The summed E-state index contributed by atoms with van der Waals surface area (Å²) >= 11 is 1.50. The number of imidazole rings is 1. The fourth-order valence-corrected chi connectivity index (χ4v) is 4.07. The van der Waals surface area contributed by atoms with Crippen molar-refractivity contribution in [2.24, 2.45) is 0 Å². The molecule has 0 bridgehead atoms. The summed E-state index contributed by atoms with van der Waals surface area (Å²) in [6, 6.07) is 17.0. The van der Waals surface area contributed by atoms with Gasteiger partial charge in [0.1, 0.15) is 23.0 Å². The summed E-state index contributed by atoms with van der Waals surface area (Å²) in [7, 11) is 0. The van der Waals surface area contributed by atoms with Gasteiger partial charge in [-0.3, -0.25) is 9.78 Å². The Morgan fingerprint density at radius 2 is 2.03 bits per heavy atom. The van der Waals surface area contributed by atoms with Crippen molar-refractivity contribution in [3.8, 4) is 16.3 Å². The molecule has 5 aromatic rings. The molecule has 0 saturated carbocycles. The Labute approximate surface area is 188 Å². The molecule has 8 heteroatoms. The summed E-state index contributed by atoms with van der Waals surface area (Å²) in [4.78, 5) is 25.7. The van der Waals surface area contributed by atoms with E-state index in [2.05, 4.69) is 20.3 Å². The number of benzene rings is 1. The van der Waals surface area contributed by atoms with Gasteiger partial charge in [0, 0.05) is 47.5 Å². The van der Waals surface area contributed by atoms with Crippen molar-refractivity contribution < 1.29 is 9.53 Å². The molecule has 0 aliphatic heterocycles. The highest BCUT2D eigenvalue weighted by Crippen LogP contribution is 2.23. The number of carbonyl (C=O) groups is 1. The second-order valence-corrected chi connectivity index (χ2v) is 7.98. The Kier molecular flexibility index (Phi) is 5.59. The lowest BCUT2D eigenvalue weighted by Gasteiger charge is -2.08. The molecule has 0 radical (unpaired) electrons. The van der Waals surface area contributed by atoms with Crippen LogP contribution in [0.1, 0.15) is 11.4 Å². The molecular formula is C24H19N5O2S. The molecule has 0 fully saturated rings. The smallest absolute Gasteiger partial charge is 0.230 e. The Hall–Kier alpha value is -4.04. The maximum atomic E-state index is 12.5. The SMILES string of the molecule is O=C(Cc1csc(-c2cccnc2)n1)Nc1cccc(OCc2cn3ccccc3n2)c1. The van der Waals surface area contributed by atoms with E-state index in [1.54, 1.807) is 18.5 Å². The van der Waals surface area contributed by atoms with Crippen molar-refractivity contribution in [3.05, 3.63) is 96.2 Å². The monoisotopic (exact) mass is 441 g/mol. The van der Waals surface area contributed by atoms with Crippen LogP contribution >= 0.6 is 11.3 Å². The van der Waals surface area contributed by atoms with Crippen LogP contribution in [0.5, 0.6) is 5.75 Å². The van der Waals surface area contributed by atoms with Crippen LogP contribution in [0.2, 0.25) is 0 Å². The molecule has 0 unspecified atom stereocenters. The van der Waals surface area contributed by atoms with Gasteiger partial charge in [-0.05, 0) is 36.4 Å². The molecule has 0 saturated heterocycles. The van der Waals surface area contributed by atoms with Crippen LogP contribution in [0.15, 0.2) is 84.8 Å². The summed E-state index contributed by atoms with van der Waals surface area (Å²) in [5.41, 5.74) is 4.05. The molecule has 0 aliphatic rings. The normalized spacial score (nSPS) is 10.9. The molecular weight excluding hydrogens is 422 g/mol. The minimum Gasteiger partial charge on any atom is -0.487 e. The predicted molar refractivity (Wildman–Crippen MR) is 124 cm³/mol. The van der Waals surface area contributed by atoms with E-state index in [1.807, 2.05) is 70.7 Å². The third-order valence-electron chi connectivity index (χ3n) is 4.72. The van der Waals surface area contributed by atoms with Crippen LogP contribution in [0.3, 0.4) is 0 Å². The second kappa shape index (κ2) is 8.99. The van der Waals surface area contributed by atoms with E-state index in [9.17, 15) is 4.79 Å². The summed E-state index contributed by atoms with van der Waals surface area (Å²) in [6.45, 7) is 0.342. The van der Waals surface area contributed by atoms with E-state index in [4.69, 9.17) is 4.74 Å². The molecule has 1 aromatic carbocycles. The highest BCUT2D eigenvalue weighted by atomic mass is 32.1. The van der Waals surface area contributed by atoms with Crippen LogP contribution in [0.4, 0.5) is 5.69 Å². The third kappa shape index (κ3) is 4.65. The number of carbonyl (C=O) groups excluding carboxylic acids is 1. The molecule has 1 amide bonds. The number of rotatable bonds is 7. The van der Waals surface area contributed by atoms with Gasteiger partial charge in [-0.1, -0.05) is 12.1 Å². The van der Waals surface area contributed by atoms with Crippen LogP contribution in [-0.4, -0.2) is 25.3 Å². The fourth-order valence-electron chi connectivity index (χ4n) is 3.26. The van der Waals surface area contributed by atoms with Gasteiger partial charge >= 0.3 is 0 Å². The lowest BCUT2D eigenvalue weighted by molar-refractivity contribution is -0.115. The number of thiazole rings is 1. The molecule has 0 atom stereocenters. The van der Waals surface area contributed by atoms with Crippen molar-refractivity contribution in [2.75, 3.05) is 5.32 Å². The first-order chi connectivity index (χ1) is 15.7. The standard InChI is InChI=1S/C24H19N5O2S/c30-23(12-19-16-32-24(28-19)17-5-4-9-25-13-17)27-18-6-3-7-21(11-18)31-15-20-14-29-10-2-1-8-22(29)26-20/h1-11,13-14,16H,12,15H2,(H,27,30). The third-order valence-corrected chi connectivity index (χ3v) is 5.66. The highest BCUT2D eigenvalue weighted by Gasteiger charge is 2.10. The largest absolute Gasteiger partial charge is 0.487 e. The van der Waals surface area contributed by atoms with Crippen molar-refractivity contribution in [1.29, 1.82) is 0 Å². The summed E-state index contributed by atoms with van der Waals surface area (Å²) in [6.07, 6.45) is 7.57. The van der Waals surface area contributed by atoms with Gasteiger partial charge in [-0.25, -0.2) is 9.97 Å². The first-order valence-electron chi connectivity index (χ1n) is 10.0. The lowest BCUT2D eigenvalue weighted by Crippen LogP contribution is -2.14. The number of hydrogen-bond acceptors (Lipinski definition) is 6. The van der Waals surface area contributed by atoms with Gasteiger partial charge in [0.25, 0.3) is 0 Å². The average Bonchev–Trinajstić information content (AvgIpc) is 3.45. The number of aromatic nitrogens is 4. The number of fused-ring (bicyclic) bond motifs is 1. The number of pyridine rings is 2. The zero-order chi connectivity index (χ0) is 21.8. The average molecular weight is 442 g/mol. The van der Waals surface area contributed by atoms with E-state index >= 15 is 0 Å². The molecule has 1 N–H and O–H groups in total. The molecule has 4 aromatic heterocycles. The number of amides is 1. The predicted octanol–water partition coefficient (Wildman–Crippen LogP) is 4.61. The fraction of sp³-hybridized carbons (Fsp3) is 0.0833. The van der Waals surface area contributed by atoms with Gasteiger partial charge in [-0.2, -0.15) is 0 Å². The highest BCUT2D eigenvalue weighted by molar-refractivity contribution is 7.13. The number of ether oxygens (including phenoxy) is 1. The van der Waals surface area contributed by atoms with E-state index < -0.39 is 0 Å². The quantitative estimate of drug-likeness (QED) is 0.399. The van der Waals surface area contributed by atoms with Gasteiger partial charge in [0.05, 0.1) is 17.8 Å². The maximum Gasteiger partial charge on any atom is 0.230 e. The molecule has 158 valence electrons. The van der Waals surface area contributed by atoms with Crippen LogP contribution in [0, 0.1) is 0 Å². The molecule has 32 heavy (non-hydrogen) atoms. The Bertz CT molecular complexity index is 1330. The van der Waals surface area contributed by atoms with Crippen molar-refractivity contribution in [2.45, 2.75) is 13.0 Å². The van der Waals surface area contributed by atoms with Gasteiger partial charge in [0.2, 0.25) is 5.91 Å². The first kappa shape index (κ1) is 19.9. The van der Waals surface area contributed by atoms with Crippen molar-refractivity contribution in [1.82, 2.24) is 19.4 Å². The Morgan fingerprint density at radius 3 is 2.91 bits per heavy atom. The molecule has 0 aliphatic carbocycles. The number of nitrogens with one attached hydrogen (secondary N) is 1. The topological polar surface area (TPSA) is 81.4 Å². The van der Waals surface area contributed by atoms with Crippen molar-refractivity contribution >= 4 is 28.6 Å². The zero-order valence-electron chi connectivity index (χ0n) is 17.0.